The fraction of sp³-hybridized carbons (Fsp3) is 1.00. The first-order chi connectivity index (χ1) is 9.38. The first-order valence-corrected chi connectivity index (χ1v) is 8.30. The zero-order valence-electron chi connectivity index (χ0n) is 13.8. The molecule has 1 aliphatic heterocycles. The molecule has 0 aromatic rings. The van der Waals surface area contributed by atoms with Crippen LogP contribution in [-0.4, -0.2) is 31.5 Å². The van der Waals surface area contributed by atoms with Crippen molar-refractivity contribution in [3.05, 3.63) is 0 Å². The minimum Gasteiger partial charge on any atom is -0.379 e. The molecular weight excluding hydrogens is 250 g/mol. The monoisotopic (exact) mass is 283 g/mol. The van der Waals surface area contributed by atoms with Crippen molar-refractivity contribution >= 4 is 0 Å². The molecule has 1 saturated carbocycles. The lowest BCUT2D eigenvalue weighted by molar-refractivity contribution is -0.130. The first-order valence-electron chi connectivity index (χ1n) is 8.30. The van der Waals surface area contributed by atoms with Crippen molar-refractivity contribution in [2.75, 3.05) is 13.7 Å². The van der Waals surface area contributed by atoms with Gasteiger partial charge in [-0.1, -0.05) is 40.0 Å². The predicted octanol–water partition coefficient (Wildman–Crippen LogP) is 3.50. The Labute approximate surface area is 124 Å². The van der Waals surface area contributed by atoms with E-state index in [4.69, 9.17) is 15.2 Å². The molecule has 1 aliphatic carbocycles. The van der Waals surface area contributed by atoms with E-state index in [-0.39, 0.29) is 23.2 Å². The Morgan fingerprint density at radius 2 is 1.85 bits per heavy atom. The van der Waals surface area contributed by atoms with Gasteiger partial charge in [0.2, 0.25) is 0 Å². The highest BCUT2D eigenvalue weighted by Crippen LogP contribution is 2.42. The smallest absolute Gasteiger partial charge is 0.0772 e. The third-order valence-corrected chi connectivity index (χ3v) is 5.30. The maximum atomic E-state index is 6.60. The van der Waals surface area contributed by atoms with Crippen LogP contribution in [0.5, 0.6) is 0 Å². The van der Waals surface area contributed by atoms with Gasteiger partial charge >= 0.3 is 0 Å². The average Bonchev–Trinajstić information content (AvgIpc) is 2.38. The van der Waals surface area contributed by atoms with Crippen LogP contribution >= 0.6 is 0 Å². The Hall–Kier alpha value is -0.120. The van der Waals surface area contributed by atoms with Crippen LogP contribution in [0.3, 0.4) is 0 Å². The van der Waals surface area contributed by atoms with Gasteiger partial charge < -0.3 is 15.2 Å². The summed E-state index contributed by atoms with van der Waals surface area (Å²) < 4.78 is 11.9. The Morgan fingerprint density at radius 1 is 1.20 bits per heavy atom. The van der Waals surface area contributed by atoms with Crippen molar-refractivity contribution < 1.29 is 9.47 Å². The Bertz CT molecular complexity index is 299. The molecule has 0 aromatic heterocycles. The highest BCUT2D eigenvalue weighted by Gasteiger charge is 2.43. The zero-order chi connectivity index (χ0) is 14.8. The van der Waals surface area contributed by atoms with Crippen molar-refractivity contribution in [1.29, 1.82) is 0 Å². The molecule has 3 nitrogen and oxygen atoms in total. The average molecular weight is 283 g/mol. The van der Waals surface area contributed by atoms with Crippen LogP contribution in [0.25, 0.3) is 0 Å². The molecule has 0 aromatic carbocycles. The van der Waals surface area contributed by atoms with Crippen molar-refractivity contribution in [2.45, 2.75) is 83.5 Å². The summed E-state index contributed by atoms with van der Waals surface area (Å²) in [6, 6.07) is 0.114. The quantitative estimate of drug-likeness (QED) is 0.862. The van der Waals surface area contributed by atoms with Crippen molar-refractivity contribution in [2.24, 2.45) is 17.1 Å². The highest BCUT2D eigenvalue weighted by atomic mass is 16.5. The number of nitrogens with two attached hydrogens (primary N) is 1. The van der Waals surface area contributed by atoms with Crippen LogP contribution in [0.1, 0.15) is 65.7 Å². The van der Waals surface area contributed by atoms with Gasteiger partial charge in [-0.25, -0.2) is 0 Å². The van der Waals surface area contributed by atoms with Crippen LogP contribution in [0.4, 0.5) is 0 Å². The van der Waals surface area contributed by atoms with Crippen LogP contribution in [0.2, 0.25) is 0 Å². The van der Waals surface area contributed by atoms with Gasteiger partial charge in [-0.15, -0.1) is 0 Å². The maximum Gasteiger partial charge on any atom is 0.0772 e. The van der Waals surface area contributed by atoms with Crippen LogP contribution in [0.15, 0.2) is 0 Å². The van der Waals surface area contributed by atoms with Gasteiger partial charge in [0.15, 0.2) is 0 Å². The van der Waals surface area contributed by atoms with Gasteiger partial charge in [0.05, 0.1) is 11.7 Å². The molecule has 2 rings (SSSR count). The number of hydrogen-bond donors (Lipinski definition) is 1. The summed E-state index contributed by atoms with van der Waals surface area (Å²) in [4.78, 5) is 0. The third-order valence-electron chi connectivity index (χ3n) is 5.30. The Kier molecular flexibility index (Phi) is 5.14. The van der Waals surface area contributed by atoms with Gasteiger partial charge in [-0.2, -0.15) is 0 Å². The second-order valence-electron chi connectivity index (χ2n) is 7.94. The van der Waals surface area contributed by atoms with Gasteiger partial charge in [-0.3, -0.25) is 0 Å². The van der Waals surface area contributed by atoms with Gasteiger partial charge in [0.25, 0.3) is 0 Å². The lowest BCUT2D eigenvalue weighted by atomic mass is 9.71. The molecule has 2 N–H and O–H groups in total. The summed E-state index contributed by atoms with van der Waals surface area (Å²) >= 11 is 0. The Morgan fingerprint density at radius 3 is 2.40 bits per heavy atom. The molecule has 1 saturated heterocycles. The SMILES string of the molecule is COC(C(N)C1CCOC2(CCCCC2)C1)C(C)(C)C. The van der Waals surface area contributed by atoms with Gasteiger partial charge in [0, 0.05) is 19.8 Å². The van der Waals surface area contributed by atoms with Crippen LogP contribution in [0, 0.1) is 11.3 Å². The minimum absolute atomic E-state index is 0.0895. The van der Waals surface area contributed by atoms with Crippen LogP contribution in [-0.2, 0) is 9.47 Å². The standard InChI is InChI=1S/C17H33NO2/c1-16(2,3)15(19-4)14(18)13-8-11-20-17(12-13)9-6-5-7-10-17/h13-15H,5-12,18H2,1-4H3. The summed E-state index contributed by atoms with van der Waals surface area (Å²) in [6.45, 7) is 7.53. The molecule has 1 spiro atoms. The molecule has 3 heteroatoms. The van der Waals surface area contributed by atoms with Gasteiger partial charge in [0.1, 0.15) is 0 Å². The van der Waals surface area contributed by atoms with E-state index in [1.165, 1.54) is 32.1 Å². The fourth-order valence-electron chi connectivity index (χ4n) is 4.27. The van der Waals surface area contributed by atoms with E-state index < -0.39 is 0 Å². The summed E-state index contributed by atoms with van der Waals surface area (Å²) in [6.07, 6.45) is 8.77. The molecule has 2 aliphatic rings. The maximum absolute atomic E-state index is 6.60. The molecule has 118 valence electrons. The third kappa shape index (κ3) is 3.55. The van der Waals surface area contributed by atoms with Crippen LogP contribution < -0.4 is 5.73 Å². The number of ether oxygens (including phenoxy) is 2. The van der Waals surface area contributed by atoms with E-state index in [0.717, 1.165) is 19.4 Å². The molecule has 3 unspecified atom stereocenters. The topological polar surface area (TPSA) is 44.5 Å². The highest BCUT2D eigenvalue weighted by molar-refractivity contribution is 4.96. The van der Waals surface area contributed by atoms with E-state index in [1.807, 2.05) is 0 Å². The minimum atomic E-state index is 0.0895. The van der Waals surface area contributed by atoms with Gasteiger partial charge in [-0.05, 0) is 37.0 Å². The number of rotatable bonds is 3. The molecule has 0 bridgehead atoms. The summed E-state index contributed by atoms with van der Waals surface area (Å²) in [7, 11) is 1.80. The van der Waals surface area contributed by atoms with E-state index in [9.17, 15) is 0 Å². The predicted molar refractivity (Wildman–Crippen MR) is 82.7 cm³/mol. The van der Waals surface area contributed by atoms with Crippen molar-refractivity contribution in [3.63, 3.8) is 0 Å². The fourth-order valence-corrected chi connectivity index (χ4v) is 4.27. The second-order valence-corrected chi connectivity index (χ2v) is 7.94. The lowest BCUT2D eigenvalue weighted by Gasteiger charge is -2.47. The zero-order valence-corrected chi connectivity index (χ0v) is 13.8. The molecule has 2 fully saturated rings. The van der Waals surface area contributed by atoms with E-state index in [2.05, 4.69) is 20.8 Å². The largest absolute Gasteiger partial charge is 0.379 e. The molecule has 1 heterocycles. The molecule has 0 radical (unpaired) electrons. The number of methoxy groups -OCH3 is 1. The Balaban J connectivity index is 2.04. The second kappa shape index (κ2) is 6.33. The van der Waals surface area contributed by atoms with Crippen molar-refractivity contribution in [3.8, 4) is 0 Å². The van der Waals surface area contributed by atoms with Crippen molar-refractivity contribution in [1.82, 2.24) is 0 Å². The lowest BCUT2D eigenvalue weighted by Crippen LogP contribution is -2.53. The van der Waals surface area contributed by atoms with E-state index in [1.54, 1.807) is 7.11 Å². The summed E-state index contributed by atoms with van der Waals surface area (Å²) in [5, 5.41) is 0. The van der Waals surface area contributed by atoms with E-state index >= 15 is 0 Å². The van der Waals surface area contributed by atoms with E-state index in [0.29, 0.717) is 5.92 Å². The summed E-state index contributed by atoms with van der Waals surface area (Å²) in [5.74, 6) is 0.533. The molecule has 0 amide bonds. The molecular formula is C17H33NO2. The first kappa shape index (κ1) is 16.3. The normalized spacial score (nSPS) is 30.1. The summed E-state index contributed by atoms with van der Waals surface area (Å²) in [5.41, 5.74) is 6.82. The molecule has 20 heavy (non-hydrogen) atoms. The molecule has 3 atom stereocenters. The number of hydrogen-bond acceptors (Lipinski definition) is 3.